The van der Waals surface area contributed by atoms with E-state index in [0.29, 0.717) is 5.56 Å². The monoisotopic (exact) mass is 586 g/mol. The molecule has 1 aromatic carbocycles. The van der Waals surface area contributed by atoms with Crippen LogP contribution in [-0.2, 0) is 57.1 Å². The first-order valence-electron chi connectivity index (χ1n) is 10.9. The van der Waals surface area contributed by atoms with Crippen molar-refractivity contribution in [3.63, 3.8) is 0 Å². The minimum Gasteiger partial charge on any atom is -0.463 e. The molecule has 1 fully saturated rings. The number of carbonyl (C=O) groups is 5. The molecule has 0 unspecified atom stereocenters. The van der Waals surface area contributed by atoms with E-state index in [4.69, 9.17) is 33.2 Å². The van der Waals surface area contributed by atoms with Crippen LogP contribution in [0.3, 0.4) is 0 Å². The molecule has 0 bridgehead atoms. The van der Waals surface area contributed by atoms with Crippen LogP contribution in [0.4, 0.5) is 0 Å². The van der Waals surface area contributed by atoms with Crippen molar-refractivity contribution < 1.29 is 57.1 Å². The lowest BCUT2D eigenvalue weighted by Gasteiger charge is -2.43. The molecule has 5 atom stereocenters. The lowest BCUT2D eigenvalue weighted by atomic mass is 9.98. The summed E-state index contributed by atoms with van der Waals surface area (Å²) in [5.41, 5.74) is 0.550. The fourth-order valence-electron chi connectivity index (χ4n) is 3.36. The Hall–Kier alpha value is -3.45. The number of hydrogen-bond donors (Lipinski definition) is 0. The first-order chi connectivity index (χ1) is 17.4. The van der Waals surface area contributed by atoms with E-state index in [1.165, 1.54) is 6.08 Å². The summed E-state index contributed by atoms with van der Waals surface area (Å²) in [6.07, 6.45) is -5.77. The first kappa shape index (κ1) is 29.8. The first-order valence-corrected chi connectivity index (χ1v) is 11.7. The van der Waals surface area contributed by atoms with Crippen molar-refractivity contribution in [1.82, 2.24) is 0 Å². The average Bonchev–Trinajstić information content (AvgIpc) is 2.81. The Labute approximate surface area is 221 Å². The summed E-state index contributed by atoms with van der Waals surface area (Å²) in [5.74, 6) is -4.29. The number of hydrogen-bond acceptors (Lipinski definition) is 12. The summed E-state index contributed by atoms with van der Waals surface area (Å²) in [4.78, 5) is 59.7. The second-order valence-corrected chi connectivity index (χ2v) is 8.65. The summed E-state index contributed by atoms with van der Waals surface area (Å²) in [6.45, 7) is 4.00. The smallest absolute Gasteiger partial charge is 0.373 e. The summed E-state index contributed by atoms with van der Waals surface area (Å²) < 4.78 is 38.3. The predicted molar refractivity (Wildman–Crippen MR) is 127 cm³/mol. The third-order valence-corrected chi connectivity index (χ3v) is 5.27. The highest BCUT2D eigenvalue weighted by Crippen LogP contribution is 2.31. The Morgan fingerprint density at radius 2 is 1.35 bits per heavy atom. The summed E-state index contributed by atoms with van der Waals surface area (Å²) in [7, 11) is 1.13. The quantitative estimate of drug-likeness (QED) is 0.180. The van der Waals surface area contributed by atoms with Crippen LogP contribution >= 0.6 is 15.9 Å². The molecule has 0 amide bonds. The van der Waals surface area contributed by atoms with Gasteiger partial charge in [-0.25, -0.2) is 4.79 Å². The van der Waals surface area contributed by atoms with Gasteiger partial charge in [-0.2, -0.15) is 0 Å². The van der Waals surface area contributed by atoms with Crippen LogP contribution < -0.4 is 0 Å². The van der Waals surface area contributed by atoms with Crippen molar-refractivity contribution in [3.05, 3.63) is 40.1 Å². The van der Waals surface area contributed by atoms with E-state index in [1.807, 2.05) is 0 Å². The van der Waals surface area contributed by atoms with Crippen LogP contribution in [0.5, 0.6) is 0 Å². The van der Waals surface area contributed by atoms with Gasteiger partial charge in [-0.15, -0.1) is 0 Å². The number of halogens is 1. The molecule has 0 radical (unpaired) electrons. The topological polar surface area (TPSA) is 150 Å². The summed E-state index contributed by atoms with van der Waals surface area (Å²) >= 11 is 3.32. The lowest BCUT2D eigenvalue weighted by molar-refractivity contribution is -0.299. The van der Waals surface area contributed by atoms with Gasteiger partial charge < -0.3 is 33.2 Å². The molecule has 202 valence electrons. The predicted octanol–water partition coefficient (Wildman–Crippen LogP) is 2.06. The molecule has 0 spiro atoms. The Balaban J connectivity index is 2.55. The van der Waals surface area contributed by atoms with Crippen LogP contribution in [-0.4, -0.2) is 74.3 Å². The van der Waals surface area contributed by atoms with E-state index in [2.05, 4.69) is 15.9 Å². The third kappa shape index (κ3) is 9.17. The number of esters is 5. The van der Waals surface area contributed by atoms with Crippen LogP contribution in [0.2, 0.25) is 0 Å². The van der Waals surface area contributed by atoms with Gasteiger partial charge >= 0.3 is 29.8 Å². The normalized spacial score (nSPS) is 23.3. The van der Waals surface area contributed by atoms with Gasteiger partial charge in [-0.3, -0.25) is 19.2 Å². The zero-order valence-corrected chi connectivity index (χ0v) is 22.3. The maximum absolute atomic E-state index is 12.5. The van der Waals surface area contributed by atoms with Crippen molar-refractivity contribution in [2.75, 3.05) is 13.7 Å². The van der Waals surface area contributed by atoms with E-state index in [9.17, 15) is 24.0 Å². The minimum absolute atomic E-state index is 0.342. The fraction of sp³-hybridized carbons (Fsp3) is 0.458. The van der Waals surface area contributed by atoms with Gasteiger partial charge in [0.05, 0.1) is 7.11 Å². The molecule has 0 aromatic heterocycles. The second kappa shape index (κ2) is 13.7. The maximum atomic E-state index is 12.5. The highest BCUT2D eigenvalue weighted by molar-refractivity contribution is 9.10. The van der Waals surface area contributed by atoms with Gasteiger partial charge in [0, 0.05) is 32.2 Å². The zero-order chi connectivity index (χ0) is 27.7. The van der Waals surface area contributed by atoms with Crippen molar-refractivity contribution in [1.29, 1.82) is 0 Å². The third-order valence-electron chi connectivity index (χ3n) is 4.75. The van der Waals surface area contributed by atoms with E-state index >= 15 is 0 Å². The second-order valence-electron chi connectivity index (χ2n) is 7.74. The largest absolute Gasteiger partial charge is 0.463 e. The highest BCUT2D eigenvalue weighted by Gasteiger charge is 2.53. The maximum Gasteiger partial charge on any atom is 0.373 e. The molecule has 0 N–H and O–H groups in total. The number of benzene rings is 1. The molecule has 0 aliphatic carbocycles. The molecule has 1 saturated heterocycles. The Morgan fingerprint density at radius 1 is 0.811 bits per heavy atom. The Morgan fingerprint density at radius 3 is 1.86 bits per heavy atom. The van der Waals surface area contributed by atoms with Gasteiger partial charge in [0.15, 0.2) is 12.2 Å². The minimum atomic E-state index is -1.58. The van der Waals surface area contributed by atoms with Gasteiger partial charge in [-0.1, -0.05) is 28.1 Å². The van der Waals surface area contributed by atoms with Gasteiger partial charge in [0.2, 0.25) is 18.2 Å². The number of carbonyl (C=O) groups excluding carboxylic acids is 5. The van der Waals surface area contributed by atoms with Gasteiger partial charge in [0.1, 0.15) is 12.7 Å². The van der Waals surface area contributed by atoms with E-state index in [0.717, 1.165) is 39.3 Å². The van der Waals surface area contributed by atoms with Crippen molar-refractivity contribution in [2.45, 2.75) is 58.4 Å². The van der Waals surface area contributed by atoms with Gasteiger partial charge in [-0.05, 0) is 23.8 Å². The number of methoxy groups -OCH3 is 1. The van der Waals surface area contributed by atoms with Crippen molar-refractivity contribution in [2.24, 2.45) is 0 Å². The standard InChI is InChI=1S/C24H27BrO12/c1-12(26)32-11-19-20(33-13(2)27)21(34-14(3)28)22(35-15(4)29)24(37-19)36-18(23(30)31-5)10-16-6-8-17(25)9-7-16/h6-10,19-22,24H,11H2,1-5H3/b18-10-/t19-,20-,21+,22-,24-/m0/s1. The molecule has 1 aromatic rings. The SMILES string of the molecule is COC(=O)/C(=C/c1ccc(Br)cc1)O[C@H]1O[C@@H](COC(C)=O)[C@H](OC(C)=O)[C@@H](OC(C)=O)[C@@H]1OC(C)=O. The molecule has 1 aliphatic rings. The molecule has 13 heteroatoms. The van der Waals surface area contributed by atoms with Crippen LogP contribution in [0.25, 0.3) is 6.08 Å². The van der Waals surface area contributed by atoms with Crippen molar-refractivity contribution >= 4 is 51.9 Å². The molecular weight excluding hydrogens is 560 g/mol. The molecule has 0 saturated carbocycles. The van der Waals surface area contributed by atoms with Gasteiger partial charge in [0.25, 0.3) is 0 Å². The number of rotatable bonds is 9. The zero-order valence-electron chi connectivity index (χ0n) is 20.8. The summed E-state index contributed by atoms with van der Waals surface area (Å²) in [6, 6.07) is 6.83. The number of ether oxygens (including phenoxy) is 7. The van der Waals surface area contributed by atoms with E-state index < -0.39 is 67.2 Å². The van der Waals surface area contributed by atoms with E-state index in [1.54, 1.807) is 24.3 Å². The lowest BCUT2D eigenvalue weighted by Crippen LogP contribution is -2.63. The van der Waals surface area contributed by atoms with E-state index in [-0.39, 0.29) is 5.76 Å². The highest BCUT2D eigenvalue weighted by atomic mass is 79.9. The van der Waals surface area contributed by atoms with Crippen molar-refractivity contribution in [3.8, 4) is 0 Å². The molecule has 37 heavy (non-hydrogen) atoms. The van der Waals surface area contributed by atoms with Crippen LogP contribution in [0.15, 0.2) is 34.5 Å². The molecule has 1 heterocycles. The fourth-order valence-corrected chi connectivity index (χ4v) is 3.63. The van der Waals surface area contributed by atoms with Crippen LogP contribution in [0.1, 0.15) is 33.3 Å². The average molecular weight is 587 g/mol. The molecular formula is C24H27BrO12. The molecule has 1 aliphatic heterocycles. The van der Waals surface area contributed by atoms with Crippen LogP contribution in [0, 0.1) is 0 Å². The molecule has 2 rings (SSSR count). The molecule has 12 nitrogen and oxygen atoms in total. The summed E-state index contributed by atoms with van der Waals surface area (Å²) in [5, 5.41) is 0. The Kier molecular flexibility index (Phi) is 11.1. The Bertz CT molecular complexity index is 1030.